The third-order valence-corrected chi connectivity index (χ3v) is 7.06. The number of hydrogen-bond acceptors (Lipinski definition) is 2. The fraction of sp³-hybridized carbons (Fsp3) is 0.667. The summed E-state index contributed by atoms with van der Waals surface area (Å²) in [5, 5.41) is 3.21. The van der Waals surface area contributed by atoms with E-state index in [0.29, 0.717) is 25.3 Å². The third-order valence-electron chi connectivity index (χ3n) is 7.06. The van der Waals surface area contributed by atoms with E-state index in [1.807, 2.05) is 0 Å². The minimum Gasteiger partial charge on any atom is -0.349 e. The first-order valence-corrected chi connectivity index (χ1v) is 11.4. The number of nitrogens with one attached hydrogen (secondary N) is 1. The van der Waals surface area contributed by atoms with Gasteiger partial charge in [-0.05, 0) is 68.4 Å². The van der Waals surface area contributed by atoms with Gasteiger partial charge in [0.25, 0.3) is 0 Å². The lowest BCUT2D eigenvalue weighted by Crippen LogP contribution is -2.49. The lowest BCUT2D eigenvalue weighted by Gasteiger charge is -2.44. The monoisotopic (exact) mass is 382 g/mol. The fourth-order valence-corrected chi connectivity index (χ4v) is 5.65. The van der Waals surface area contributed by atoms with Crippen LogP contribution in [0.15, 0.2) is 24.3 Å². The van der Waals surface area contributed by atoms with Crippen molar-refractivity contribution in [2.75, 3.05) is 6.54 Å². The summed E-state index contributed by atoms with van der Waals surface area (Å²) < 4.78 is 0. The van der Waals surface area contributed by atoms with E-state index < -0.39 is 0 Å². The van der Waals surface area contributed by atoms with Gasteiger partial charge in [-0.25, -0.2) is 0 Å². The van der Waals surface area contributed by atoms with Gasteiger partial charge in [0.2, 0.25) is 11.8 Å². The largest absolute Gasteiger partial charge is 0.349 e. The Hall–Kier alpha value is -1.84. The first-order valence-electron chi connectivity index (χ1n) is 11.4. The van der Waals surface area contributed by atoms with Crippen LogP contribution < -0.4 is 5.32 Å². The maximum absolute atomic E-state index is 12.8. The van der Waals surface area contributed by atoms with Crippen LogP contribution in [0.1, 0.15) is 87.8 Å². The number of aryl methyl sites for hydroxylation is 1. The Bertz CT molecular complexity index is 700. The number of piperidine rings is 1. The first kappa shape index (κ1) is 19.5. The molecule has 2 amide bonds. The van der Waals surface area contributed by atoms with Crippen LogP contribution >= 0.6 is 0 Å². The number of benzene rings is 1. The highest BCUT2D eigenvalue weighted by molar-refractivity contribution is 5.79. The van der Waals surface area contributed by atoms with Gasteiger partial charge in [0, 0.05) is 25.4 Å². The Morgan fingerprint density at radius 2 is 1.79 bits per heavy atom. The molecule has 3 unspecified atom stereocenters. The van der Waals surface area contributed by atoms with Crippen LogP contribution in [0.4, 0.5) is 0 Å². The Labute approximate surface area is 169 Å². The van der Waals surface area contributed by atoms with Crippen molar-refractivity contribution >= 4 is 11.8 Å². The van der Waals surface area contributed by atoms with Gasteiger partial charge in [-0.15, -0.1) is 0 Å². The Kier molecular flexibility index (Phi) is 6.33. The molecule has 2 fully saturated rings. The molecule has 2 aliphatic carbocycles. The van der Waals surface area contributed by atoms with Crippen LogP contribution in [-0.4, -0.2) is 29.3 Å². The molecule has 1 saturated carbocycles. The van der Waals surface area contributed by atoms with Gasteiger partial charge in [-0.2, -0.15) is 0 Å². The molecular weight excluding hydrogens is 348 g/mol. The summed E-state index contributed by atoms with van der Waals surface area (Å²) >= 11 is 0. The molecule has 3 atom stereocenters. The smallest absolute Gasteiger partial charge is 0.222 e. The van der Waals surface area contributed by atoms with Gasteiger partial charge in [-0.3, -0.25) is 9.59 Å². The number of rotatable bonds is 5. The van der Waals surface area contributed by atoms with Gasteiger partial charge >= 0.3 is 0 Å². The molecule has 0 radical (unpaired) electrons. The minimum absolute atomic E-state index is 0.0868. The maximum atomic E-state index is 12.8. The Morgan fingerprint density at radius 3 is 2.71 bits per heavy atom. The second kappa shape index (κ2) is 9.11. The highest BCUT2D eigenvalue weighted by Gasteiger charge is 2.35. The van der Waals surface area contributed by atoms with Crippen LogP contribution in [0.25, 0.3) is 0 Å². The van der Waals surface area contributed by atoms with Gasteiger partial charge < -0.3 is 10.2 Å². The molecule has 1 saturated heterocycles. The van der Waals surface area contributed by atoms with Crippen molar-refractivity contribution in [1.82, 2.24) is 10.2 Å². The molecule has 4 nitrogen and oxygen atoms in total. The highest BCUT2D eigenvalue weighted by Crippen LogP contribution is 2.35. The minimum atomic E-state index is 0.0868. The summed E-state index contributed by atoms with van der Waals surface area (Å²) in [4.78, 5) is 27.4. The van der Waals surface area contributed by atoms with E-state index in [1.54, 1.807) is 0 Å². The molecule has 0 bridgehead atoms. The molecule has 0 spiro atoms. The SMILES string of the molecule is O=C(CCCC(=O)N1CCCC2CCCCC21)NC1CCCc2ccccc21. The lowest BCUT2D eigenvalue weighted by atomic mass is 9.78. The topological polar surface area (TPSA) is 49.4 Å². The van der Waals surface area contributed by atoms with E-state index in [2.05, 4.69) is 34.5 Å². The van der Waals surface area contributed by atoms with Gasteiger partial charge in [0.15, 0.2) is 0 Å². The van der Waals surface area contributed by atoms with E-state index >= 15 is 0 Å². The zero-order chi connectivity index (χ0) is 19.3. The normalized spacial score (nSPS) is 26.9. The predicted molar refractivity (Wildman–Crippen MR) is 111 cm³/mol. The van der Waals surface area contributed by atoms with E-state index in [1.165, 1.54) is 43.2 Å². The number of likely N-dealkylation sites (tertiary alicyclic amines) is 1. The number of carbonyl (C=O) groups excluding carboxylic acids is 2. The van der Waals surface area contributed by atoms with Crippen molar-refractivity contribution in [3.8, 4) is 0 Å². The van der Waals surface area contributed by atoms with E-state index in [0.717, 1.165) is 38.1 Å². The predicted octanol–water partition coefficient (Wildman–Crippen LogP) is 4.53. The molecule has 28 heavy (non-hydrogen) atoms. The van der Waals surface area contributed by atoms with Gasteiger partial charge in [0.1, 0.15) is 0 Å². The van der Waals surface area contributed by atoms with E-state index in [4.69, 9.17) is 0 Å². The van der Waals surface area contributed by atoms with Crippen molar-refractivity contribution < 1.29 is 9.59 Å². The molecule has 4 rings (SSSR count). The van der Waals surface area contributed by atoms with E-state index in [-0.39, 0.29) is 17.9 Å². The second-order valence-corrected chi connectivity index (χ2v) is 8.91. The summed E-state index contributed by atoms with van der Waals surface area (Å²) in [6.45, 7) is 0.922. The molecule has 0 aromatic heterocycles. The molecule has 1 aromatic rings. The summed E-state index contributed by atoms with van der Waals surface area (Å²) in [7, 11) is 0. The first-order chi connectivity index (χ1) is 13.7. The molecule has 1 heterocycles. The van der Waals surface area contributed by atoms with Gasteiger partial charge in [0.05, 0.1) is 6.04 Å². The average molecular weight is 383 g/mol. The molecule has 1 N–H and O–H groups in total. The maximum Gasteiger partial charge on any atom is 0.222 e. The lowest BCUT2D eigenvalue weighted by molar-refractivity contribution is -0.137. The van der Waals surface area contributed by atoms with Crippen molar-refractivity contribution in [3.63, 3.8) is 0 Å². The second-order valence-electron chi connectivity index (χ2n) is 8.91. The molecule has 1 aliphatic heterocycles. The highest BCUT2D eigenvalue weighted by atomic mass is 16.2. The van der Waals surface area contributed by atoms with E-state index in [9.17, 15) is 9.59 Å². The Morgan fingerprint density at radius 1 is 0.964 bits per heavy atom. The average Bonchev–Trinajstić information content (AvgIpc) is 2.73. The Balaban J connectivity index is 1.24. The van der Waals surface area contributed by atoms with Gasteiger partial charge in [-0.1, -0.05) is 37.1 Å². The number of hydrogen-bond donors (Lipinski definition) is 1. The van der Waals surface area contributed by atoms with Crippen LogP contribution in [0, 0.1) is 5.92 Å². The van der Waals surface area contributed by atoms with Crippen molar-refractivity contribution in [2.24, 2.45) is 5.92 Å². The third kappa shape index (κ3) is 4.42. The number of amides is 2. The molecule has 1 aromatic carbocycles. The summed E-state index contributed by atoms with van der Waals surface area (Å²) in [5.74, 6) is 1.08. The number of fused-ring (bicyclic) bond motifs is 2. The van der Waals surface area contributed by atoms with Crippen molar-refractivity contribution in [1.29, 1.82) is 0 Å². The summed E-state index contributed by atoms with van der Waals surface area (Å²) in [5.41, 5.74) is 2.64. The molecule has 3 aliphatic rings. The molecule has 4 heteroatoms. The molecular formula is C24H34N2O2. The van der Waals surface area contributed by atoms with Crippen molar-refractivity contribution in [2.45, 2.75) is 89.1 Å². The zero-order valence-electron chi connectivity index (χ0n) is 17.0. The van der Waals surface area contributed by atoms with Crippen LogP contribution in [-0.2, 0) is 16.0 Å². The molecule has 152 valence electrons. The number of nitrogens with zero attached hydrogens (tertiary/aromatic N) is 1. The van der Waals surface area contributed by atoms with Crippen molar-refractivity contribution in [3.05, 3.63) is 35.4 Å². The summed E-state index contributed by atoms with van der Waals surface area (Å²) in [6, 6.07) is 9.05. The van der Waals surface area contributed by atoms with Crippen LogP contribution in [0.5, 0.6) is 0 Å². The quantitative estimate of drug-likeness (QED) is 0.813. The zero-order valence-corrected chi connectivity index (χ0v) is 17.0. The standard InChI is InChI=1S/C24H34N2O2/c27-23(25-21-13-5-10-18-8-1-3-12-20(18)21)15-6-16-24(28)26-17-7-11-19-9-2-4-14-22(19)26/h1,3,8,12,19,21-22H,2,4-7,9-11,13-17H2,(H,25,27). The summed E-state index contributed by atoms with van der Waals surface area (Å²) in [6.07, 6.45) is 12.4. The van der Waals surface area contributed by atoms with Crippen LogP contribution in [0.2, 0.25) is 0 Å². The van der Waals surface area contributed by atoms with Crippen LogP contribution in [0.3, 0.4) is 0 Å². The fourth-order valence-electron chi connectivity index (χ4n) is 5.65. The number of carbonyl (C=O) groups is 2.